The van der Waals surface area contributed by atoms with Crippen molar-refractivity contribution in [1.82, 2.24) is 4.90 Å². The maximum atomic E-state index is 12.9. The van der Waals surface area contributed by atoms with Crippen molar-refractivity contribution in [1.29, 1.82) is 0 Å². The molecule has 1 N–H and O–H groups in total. The molecule has 0 saturated carbocycles. The van der Waals surface area contributed by atoms with Gasteiger partial charge in [-0.05, 0) is 30.4 Å². The number of urea groups is 1. The molecule has 2 rings (SSSR count). The van der Waals surface area contributed by atoms with Gasteiger partial charge in [0.25, 0.3) is 0 Å². The van der Waals surface area contributed by atoms with Crippen molar-refractivity contribution in [3.8, 4) is 0 Å². The van der Waals surface area contributed by atoms with Crippen LogP contribution in [-0.2, 0) is 9.53 Å². The third-order valence-electron chi connectivity index (χ3n) is 3.86. The average molecular weight is 365 g/mol. The van der Waals surface area contributed by atoms with Crippen LogP contribution in [0.1, 0.15) is 34.1 Å². The van der Waals surface area contributed by atoms with Crippen molar-refractivity contribution in [2.45, 2.75) is 45.5 Å². The predicted octanol–water partition coefficient (Wildman–Crippen LogP) is 4.21. The molecule has 138 valence electrons. The maximum absolute atomic E-state index is 12.9. The van der Waals surface area contributed by atoms with Crippen molar-refractivity contribution >= 4 is 29.4 Å². The van der Waals surface area contributed by atoms with E-state index in [2.05, 4.69) is 19.2 Å². The molecule has 1 aliphatic heterocycles. The van der Waals surface area contributed by atoms with E-state index in [0.29, 0.717) is 18.3 Å². The third kappa shape index (κ3) is 5.66. The van der Waals surface area contributed by atoms with Crippen LogP contribution in [-0.4, -0.2) is 40.7 Å². The quantitative estimate of drug-likeness (QED) is 0.768. The van der Waals surface area contributed by atoms with Crippen molar-refractivity contribution < 1.29 is 14.3 Å². The van der Waals surface area contributed by atoms with Gasteiger partial charge < -0.3 is 10.1 Å². The Morgan fingerprint density at radius 1 is 1.20 bits per heavy atom. The van der Waals surface area contributed by atoms with Gasteiger partial charge in [-0.25, -0.2) is 9.59 Å². The lowest BCUT2D eigenvalue weighted by Crippen LogP contribution is -2.48. The van der Waals surface area contributed by atoms with E-state index in [4.69, 9.17) is 4.74 Å². The van der Waals surface area contributed by atoms with Crippen molar-refractivity contribution in [3.05, 3.63) is 30.3 Å². The van der Waals surface area contributed by atoms with Crippen LogP contribution in [0.4, 0.5) is 10.5 Å². The predicted molar refractivity (Wildman–Crippen MR) is 103 cm³/mol. The van der Waals surface area contributed by atoms with Crippen LogP contribution < -0.4 is 5.32 Å². The summed E-state index contributed by atoms with van der Waals surface area (Å²) in [5.74, 6) is 0.984. The van der Waals surface area contributed by atoms with Crippen LogP contribution in [0.15, 0.2) is 30.3 Å². The molecule has 2 unspecified atom stereocenters. The third-order valence-corrected chi connectivity index (χ3v) is 5.17. The number of nitrogens with zero attached hydrogens (tertiary/aromatic N) is 1. The second kappa shape index (κ2) is 9.13. The lowest BCUT2D eigenvalue weighted by Gasteiger charge is -2.29. The molecule has 25 heavy (non-hydrogen) atoms. The molecule has 1 aromatic rings. The molecule has 2 atom stereocenters. The minimum absolute atomic E-state index is 0.0136. The Balaban J connectivity index is 2.12. The highest BCUT2D eigenvalue weighted by atomic mass is 32.2. The van der Waals surface area contributed by atoms with Crippen molar-refractivity contribution in [3.63, 3.8) is 0 Å². The Morgan fingerprint density at radius 2 is 1.88 bits per heavy atom. The summed E-state index contributed by atoms with van der Waals surface area (Å²) in [4.78, 5) is 27.0. The number of amides is 2. The van der Waals surface area contributed by atoms with E-state index in [0.717, 1.165) is 12.1 Å². The number of hydrogen-bond donors (Lipinski definition) is 1. The summed E-state index contributed by atoms with van der Waals surface area (Å²) in [6.45, 7) is 8.62. The number of anilines is 1. The molecule has 0 radical (unpaired) electrons. The van der Waals surface area contributed by atoms with Gasteiger partial charge in [-0.1, -0.05) is 45.9 Å². The van der Waals surface area contributed by atoms with Gasteiger partial charge in [0.1, 0.15) is 6.04 Å². The molecule has 0 spiro atoms. The van der Waals surface area contributed by atoms with Crippen LogP contribution in [0.5, 0.6) is 0 Å². The first-order valence-electron chi connectivity index (χ1n) is 8.81. The van der Waals surface area contributed by atoms with Gasteiger partial charge in [0, 0.05) is 11.4 Å². The molecule has 0 aromatic heterocycles. The zero-order valence-corrected chi connectivity index (χ0v) is 16.2. The second-order valence-corrected chi connectivity index (χ2v) is 8.37. The van der Waals surface area contributed by atoms with E-state index >= 15 is 0 Å². The zero-order valence-electron chi connectivity index (χ0n) is 15.4. The number of carbonyl (C=O) groups excluding carboxylic acids is 2. The van der Waals surface area contributed by atoms with Crippen molar-refractivity contribution in [2.24, 2.45) is 11.8 Å². The van der Waals surface area contributed by atoms with Crippen LogP contribution in [0.25, 0.3) is 0 Å². The first kappa shape index (κ1) is 19.6. The number of benzene rings is 1. The van der Waals surface area contributed by atoms with Crippen LogP contribution in [0.3, 0.4) is 0 Å². The molecule has 1 heterocycles. The number of esters is 1. The Hall–Kier alpha value is -1.69. The van der Waals surface area contributed by atoms with E-state index in [-0.39, 0.29) is 23.3 Å². The molecule has 2 amide bonds. The fourth-order valence-corrected chi connectivity index (χ4v) is 4.28. The zero-order chi connectivity index (χ0) is 18.4. The van der Waals surface area contributed by atoms with E-state index in [1.165, 1.54) is 0 Å². The minimum atomic E-state index is -0.531. The molecule has 0 aliphatic carbocycles. The number of rotatable bonds is 6. The smallest absolute Gasteiger partial charge is 0.329 e. The summed E-state index contributed by atoms with van der Waals surface area (Å²) in [5, 5.41) is 2.89. The first-order chi connectivity index (χ1) is 11.9. The highest BCUT2D eigenvalue weighted by Crippen LogP contribution is 2.34. The standard InChI is InChI=1S/C19H28N2O3S/c1-13(2)10-17-21(19(23)20-15-8-6-5-7-9-15)16(12-25-17)18(22)24-11-14(3)4/h5-9,13-14,16-17H,10-12H2,1-4H3,(H,20,23). The Kier molecular flexibility index (Phi) is 7.17. The SMILES string of the molecule is CC(C)COC(=O)C1CSC(CC(C)C)N1C(=O)Nc1ccccc1. The Bertz CT molecular complexity index is 577. The van der Waals surface area contributed by atoms with Gasteiger partial charge in [-0.15, -0.1) is 11.8 Å². The van der Waals surface area contributed by atoms with Crippen LogP contribution in [0.2, 0.25) is 0 Å². The van der Waals surface area contributed by atoms with E-state index < -0.39 is 6.04 Å². The number of hydrogen-bond acceptors (Lipinski definition) is 4. The molecule has 1 aromatic carbocycles. The van der Waals surface area contributed by atoms with Gasteiger partial charge in [-0.3, -0.25) is 4.90 Å². The normalized spacial score (nSPS) is 20.2. The van der Waals surface area contributed by atoms with Gasteiger partial charge in [0.15, 0.2) is 0 Å². The molecule has 5 nitrogen and oxygen atoms in total. The second-order valence-electron chi connectivity index (χ2n) is 7.16. The molecule has 1 fully saturated rings. The summed E-state index contributed by atoms with van der Waals surface area (Å²) in [6.07, 6.45) is 0.848. The number of thioether (sulfide) groups is 1. The lowest BCUT2D eigenvalue weighted by atomic mass is 10.1. The highest BCUT2D eigenvalue weighted by Gasteiger charge is 2.42. The fourth-order valence-electron chi connectivity index (χ4n) is 2.66. The van der Waals surface area contributed by atoms with E-state index in [9.17, 15) is 9.59 Å². The van der Waals surface area contributed by atoms with Crippen LogP contribution >= 0.6 is 11.8 Å². The van der Waals surface area contributed by atoms with Gasteiger partial charge in [-0.2, -0.15) is 0 Å². The molecule has 1 aliphatic rings. The fraction of sp³-hybridized carbons (Fsp3) is 0.579. The van der Waals surface area contributed by atoms with E-state index in [1.807, 2.05) is 44.2 Å². The largest absolute Gasteiger partial charge is 0.464 e. The molecule has 6 heteroatoms. The van der Waals surface area contributed by atoms with Gasteiger partial charge in [0.2, 0.25) is 0 Å². The van der Waals surface area contributed by atoms with Gasteiger partial charge >= 0.3 is 12.0 Å². The first-order valence-corrected chi connectivity index (χ1v) is 9.86. The topological polar surface area (TPSA) is 58.6 Å². The number of ether oxygens (including phenoxy) is 1. The summed E-state index contributed by atoms with van der Waals surface area (Å²) in [5.41, 5.74) is 0.724. The Labute approximate surface area is 154 Å². The number of para-hydroxylation sites is 1. The van der Waals surface area contributed by atoms with Crippen LogP contribution in [0, 0.1) is 11.8 Å². The summed E-state index contributed by atoms with van der Waals surface area (Å²) in [7, 11) is 0. The lowest BCUT2D eigenvalue weighted by molar-refractivity contribution is -0.149. The molecular formula is C19H28N2O3S. The maximum Gasteiger partial charge on any atom is 0.329 e. The summed E-state index contributed by atoms with van der Waals surface area (Å²) >= 11 is 1.65. The summed E-state index contributed by atoms with van der Waals surface area (Å²) < 4.78 is 5.40. The molecular weight excluding hydrogens is 336 g/mol. The minimum Gasteiger partial charge on any atom is -0.464 e. The Morgan fingerprint density at radius 3 is 2.48 bits per heavy atom. The van der Waals surface area contributed by atoms with Crippen molar-refractivity contribution in [2.75, 3.05) is 17.7 Å². The number of nitrogens with one attached hydrogen (secondary N) is 1. The molecule has 0 bridgehead atoms. The van der Waals surface area contributed by atoms with Gasteiger partial charge in [0.05, 0.1) is 12.0 Å². The number of carbonyl (C=O) groups is 2. The molecule has 1 saturated heterocycles. The average Bonchev–Trinajstić information content (AvgIpc) is 2.96. The monoisotopic (exact) mass is 364 g/mol. The highest BCUT2D eigenvalue weighted by molar-refractivity contribution is 8.00. The summed E-state index contributed by atoms with van der Waals surface area (Å²) in [6, 6.07) is 8.54. The van der Waals surface area contributed by atoms with E-state index in [1.54, 1.807) is 16.7 Å².